The standard InChI is InChI=1S/C14H11ClN4O/c15-13-7-17-3-2-14(13)19-8-12(9-19)20-11-1-4-18-10(5-11)6-16/h1-5,7,12H,8-9H2. The van der Waals surface area contributed by atoms with Crippen LogP contribution in [0, 0.1) is 11.3 Å². The normalized spacial score (nSPS) is 14.5. The third-order valence-electron chi connectivity index (χ3n) is 3.09. The van der Waals surface area contributed by atoms with Gasteiger partial charge in [0.25, 0.3) is 0 Å². The predicted octanol–water partition coefficient (Wildman–Crippen LogP) is 2.27. The molecule has 6 heteroatoms. The molecule has 2 aromatic heterocycles. The van der Waals surface area contributed by atoms with E-state index in [1.54, 1.807) is 30.7 Å². The first kappa shape index (κ1) is 12.7. The van der Waals surface area contributed by atoms with Crippen molar-refractivity contribution in [1.82, 2.24) is 9.97 Å². The van der Waals surface area contributed by atoms with E-state index in [9.17, 15) is 0 Å². The number of aromatic nitrogens is 2. The molecule has 0 unspecified atom stereocenters. The summed E-state index contributed by atoms with van der Waals surface area (Å²) in [5, 5.41) is 9.43. The second-order valence-corrected chi connectivity index (χ2v) is 4.87. The highest BCUT2D eigenvalue weighted by molar-refractivity contribution is 6.33. The molecule has 0 spiro atoms. The van der Waals surface area contributed by atoms with Crippen LogP contribution >= 0.6 is 11.6 Å². The van der Waals surface area contributed by atoms with E-state index in [1.807, 2.05) is 12.1 Å². The van der Waals surface area contributed by atoms with Crippen molar-refractivity contribution in [3.63, 3.8) is 0 Å². The molecule has 0 saturated carbocycles. The quantitative estimate of drug-likeness (QED) is 0.866. The summed E-state index contributed by atoms with van der Waals surface area (Å²) in [6.07, 6.45) is 5.02. The number of hydrogen-bond acceptors (Lipinski definition) is 5. The van der Waals surface area contributed by atoms with Crippen LogP contribution in [0.25, 0.3) is 0 Å². The molecular weight excluding hydrogens is 276 g/mol. The maximum absolute atomic E-state index is 8.79. The zero-order chi connectivity index (χ0) is 13.9. The first-order valence-corrected chi connectivity index (χ1v) is 6.51. The van der Waals surface area contributed by atoms with E-state index >= 15 is 0 Å². The lowest BCUT2D eigenvalue weighted by Crippen LogP contribution is -2.54. The van der Waals surface area contributed by atoms with E-state index in [4.69, 9.17) is 21.6 Å². The molecule has 1 aliphatic rings. The molecule has 20 heavy (non-hydrogen) atoms. The summed E-state index contributed by atoms with van der Waals surface area (Å²) >= 11 is 6.09. The second kappa shape index (κ2) is 5.35. The van der Waals surface area contributed by atoms with Crippen LogP contribution in [0.5, 0.6) is 5.75 Å². The van der Waals surface area contributed by atoms with Gasteiger partial charge in [0.05, 0.1) is 23.8 Å². The largest absolute Gasteiger partial charge is 0.487 e. The van der Waals surface area contributed by atoms with Crippen molar-refractivity contribution in [2.45, 2.75) is 6.10 Å². The molecule has 0 bridgehead atoms. The van der Waals surface area contributed by atoms with Gasteiger partial charge in [-0.3, -0.25) is 4.98 Å². The Balaban J connectivity index is 1.61. The fraction of sp³-hybridized carbons (Fsp3) is 0.214. The maximum atomic E-state index is 8.79. The molecule has 0 aliphatic carbocycles. The highest BCUT2D eigenvalue weighted by atomic mass is 35.5. The lowest BCUT2D eigenvalue weighted by molar-refractivity contribution is 0.167. The Kier molecular flexibility index (Phi) is 3.40. The van der Waals surface area contributed by atoms with Gasteiger partial charge in [-0.25, -0.2) is 4.98 Å². The minimum atomic E-state index is 0.0909. The molecule has 5 nitrogen and oxygen atoms in total. The minimum Gasteiger partial charge on any atom is -0.487 e. The van der Waals surface area contributed by atoms with Gasteiger partial charge in [0.15, 0.2) is 0 Å². The van der Waals surface area contributed by atoms with Crippen LogP contribution in [-0.2, 0) is 0 Å². The van der Waals surface area contributed by atoms with Gasteiger partial charge in [-0.15, -0.1) is 0 Å². The van der Waals surface area contributed by atoms with Crippen LogP contribution in [0.3, 0.4) is 0 Å². The summed E-state index contributed by atoms with van der Waals surface area (Å²) in [7, 11) is 0. The maximum Gasteiger partial charge on any atom is 0.144 e. The second-order valence-electron chi connectivity index (χ2n) is 4.46. The van der Waals surface area contributed by atoms with Gasteiger partial charge in [-0.05, 0) is 12.1 Å². The van der Waals surface area contributed by atoms with Crippen LogP contribution in [0.4, 0.5) is 5.69 Å². The number of pyridine rings is 2. The Labute approximate surface area is 121 Å². The van der Waals surface area contributed by atoms with Crippen molar-refractivity contribution in [3.05, 3.63) is 47.5 Å². The van der Waals surface area contributed by atoms with E-state index < -0.39 is 0 Å². The first-order valence-electron chi connectivity index (χ1n) is 6.13. The minimum absolute atomic E-state index is 0.0909. The molecule has 1 fully saturated rings. The molecular formula is C14H11ClN4O. The third kappa shape index (κ3) is 2.51. The molecule has 3 rings (SSSR count). The number of hydrogen-bond donors (Lipinski definition) is 0. The van der Waals surface area contributed by atoms with Crippen LogP contribution in [0.1, 0.15) is 5.69 Å². The predicted molar refractivity (Wildman–Crippen MR) is 74.8 cm³/mol. The van der Waals surface area contributed by atoms with Crippen LogP contribution in [-0.4, -0.2) is 29.2 Å². The zero-order valence-electron chi connectivity index (χ0n) is 10.5. The average molecular weight is 287 g/mol. The number of nitrogens with zero attached hydrogens (tertiary/aromatic N) is 4. The van der Waals surface area contributed by atoms with Crippen molar-refractivity contribution in [2.75, 3.05) is 18.0 Å². The Morgan fingerprint density at radius 3 is 2.95 bits per heavy atom. The molecule has 0 amide bonds. The molecule has 0 aromatic carbocycles. The Morgan fingerprint density at radius 1 is 1.35 bits per heavy atom. The van der Waals surface area contributed by atoms with Gasteiger partial charge in [-0.2, -0.15) is 5.26 Å². The van der Waals surface area contributed by atoms with E-state index in [1.165, 1.54) is 0 Å². The monoisotopic (exact) mass is 286 g/mol. The van der Waals surface area contributed by atoms with E-state index in [0.717, 1.165) is 18.8 Å². The molecule has 1 aliphatic heterocycles. The fourth-order valence-electron chi connectivity index (χ4n) is 2.07. The molecule has 1 saturated heterocycles. The fourth-order valence-corrected chi connectivity index (χ4v) is 2.31. The highest BCUT2D eigenvalue weighted by Gasteiger charge is 2.29. The van der Waals surface area contributed by atoms with E-state index in [-0.39, 0.29) is 6.10 Å². The third-order valence-corrected chi connectivity index (χ3v) is 3.38. The van der Waals surface area contributed by atoms with E-state index in [2.05, 4.69) is 14.9 Å². The highest BCUT2D eigenvalue weighted by Crippen LogP contribution is 2.29. The van der Waals surface area contributed by atoms with Crippen molar-refractivity contribution in [1.29, 1.82) is 5.26 Å². The summed E-state index contributed by atoms with van der Waals surface area (Å²) in [6.45, 7) is 1.52. The number of ether oxygens (including phenoxy) is 1. The molecule has 0 N–H and O–H groups in total. The summed E-state index contributed by atoms with van der Waals surface area (Å²) in [4.78, 5) is 10.00. The van der Waals surface area contributed by atoms with Gasteiger partial charge < -0.3 is 9.64 Å². The summed E-state index contributed by atoms with van der Waals surface area (Å²) in [6, 6.07) is 7.27. The number of nitriles is 1. The molecule has 100 valence electrons. The number of halogens is 1. The van der Waals surface area contributed by atoms with Crippen molar-refractivity contribution in [2.24, 2.45) is 0 Å². The Morgan fingerprint density at radius 2 is 2.20 bits per heavy atom. The van der Waals surface area contributed by atoms with Gasteiger partial charge in [0.1, 0.15) is 23.6 Å². The van der Waals surface area contributed by atoms with Crippen molar-refractivity contribution < 1.29 is 4.74 Å². The first-order chi connectivity index (χ1) is 9.76. The molecule has 3 heterocycles. The summed E-state index contributed by atoms with van der Waals surface area (Å²) in [5.74, 6) is 0.669. The topological polar surface area (TPSA) is 62.0 Å². The van der Waals surface area contributed by atoms with Crippen LogP contribution in [0.2, 0.25) is 5.02 Å². The molecule has 2 aromatic rings. The lowest BCUT2D eigenvalue weighted by Gasteiger charge is -2.40. The van der Waals surface area contributed by atoms with Crippen LogP contribution in [0.15, 0.2) is 36.8 Å². The zero-order valence-corrected chi connectivity index (χ0v) is 11.3. The van der Waals surface area contributed by atoms with Gasteiger partial charge in [0.2, 0.25) is 0 Å². The Bertz CT molecular complexity index is 664. The average Bonchev–Trinajstić information content (AvgIpc) is 2.44. The smallest absolute Gasteiger partial charge is 0.144 e. The summed E-state index contributed by atoms with van der Waals surface area (Å²) < 4.78 is 5.79. The van der Waals surface area contributed by atoms with E-state index in [0.29, 0.717) is 16.5 Å². The number of rotatable bonds is 3. The Hall–Kier alpha value is -2.32. The SMILES string of the molecule is N#Cc1cc(OC2CN(c3ccncc3Cl)C2)ccn1. The number of anilines is 1. The van der Waals surface area contributed by atoms with Crippen LogP contribution < -0.4 is 9.64 Å². The van der Waals surface area contributed by atoms with Gasteiger partial charge in [-0.1, -0.05) is 11.6 Å². The molecule has 0 radical (unpaired) electrons. The van der Waals surface area contributed by atoms with Crippen molar-refractivity contribution >= 4 is 17.3 Å². The van der Waals surface area contributed by atoms with Crippen molar-refractivity contribution in [3.8, 4) is 11.8 Å². The summed E-state index contributed by atoms with van der Waals surface area (Å²) in [5.41, 5.74) is 1.32. The van der Waals surface area contributed by atoms with Gasteiger partial charge in [0, 0.05) is 24.7 Å². The lowest BCUT2D eigenvalue weighted by atomic mass is 10.1. The molecule has 0 atom stereocenters. The van der Waals surface area contributed by atoms with Gasteiger partial charge >= 0.3 is 0 Å².